The third-order valence-electron chi connectivity index (χ3n) is 4.19. The average Bonchev–Trinajstić information content (AvgIpc) is 3.34. The van der Waals surface area contributed by atoms with Gasteiger partial charge in [-0.15, -0.1) is 0 Å². The van der Waals surface area contributed by atoms with E-state index < -0.39 is 5.97 Å². The van der Waals surface area contributed by atoms with E-state index in [9.17, 15) is 9.90 Å². The second kappa shape index (κ2) is 6.56. The van der Waals surface area contributed by atoms with Crippen molar-refractivity contribution in [2.24, 2.45) is 0 Å². The highest BCUT2D eigenvalue weighted by Crippen LogP contribution is 2.54. The fraction of sp³-hybridized carbons (Fsp3) is 0.158. The largest absolute Gasteiger partial charge is 0.493 e. The van der Waals surface area contributed by atoms with Crippen LogP contribution in [0.25, 0.3) is 22.4 Å². The lowest BCUT2D eigenvalue weighted by molar-refractivity contribution is 0.0653. The van der Waals surface area contributed by atoms with Gasteiger partial charge in [-0.05, 0) is 6.07 Å². The molecule has 0 saturated carbocycles. The van der Waals surface area contributed by atoms with Gasteiger partial charge in [-0.1, -0.05) is 35.5 Å². The first kappa shape index (κ1) is 16.8. The molecule has 27 heavy (non-hydrogen) atoms. The average molecular weight is 369 g/mol. The number of rotatable bonds is 5. The minimum absolute atomic E-state index is 0.00642. The van der Waals surface area contributed by atoms with Crippen LogP contribution in [0.1, 0.15) is 10.6 Å². The molecule has 3 aromatic rings. The molecule has 0 atom stereocenters. The molecule has 0 radical (unpaired) electrons. The zero-order valence-corrected chi connectivity index (χ0v) is 14.5. The predicted molar refractivity (Wildman–Crippen MR) is 93.6 cm³/mol. The molecule has 0 saturated heterocycles. The van der Waals surface area contributed by atoms with Crippen LogP contribution in [0.5, 0.6) is 23.0 Å². The maximum absolute atomic E-state index is 11.8. The minimum atomic E-state index is -1.25. The predicted octanol–water partition coefficient (Wildman–Crippen LogP) is 3.45. The quantitative estimate of drug-likeness (QED) is 0.730. The van der Waals surface area contributed by atoms with Crippen molar-refractivity contribution < 1.29 is 33.4 Å². The van der Waals surface area contributed by atoms with E-state index in [2.05, 4.69) is 5.16 Å². The molecule has 0 bridgehead atoms. The summed E-state index contributed by atoms with van der Waals surface area (Å²) in [5, 5.41) is 13.6. The van der Waals surface area contributed by atoms with Gasteiger partial charge in [0, 0.05) is 11.1 Å². The fourth-order valence-electron chi connectivity index (χ4n) is 3.03. The monoisotopic (exact) mass is 369 g/mol. The van der Waals surface area contributed by atoms with Gasteiger partial charge in [-0.2, -0.15) is 0 Å². The van der Waals surface area contributed by atoms with E-state index in [1.807, 2.05) is 30.3 Å². The number of hydrogen-bond donors (Lipinski definition) is 1. The Bertz CT molecular complexity index is 1010. The van der Waals surface area contributed by atoms with Crippen molar-refractivity contribution in [1.82, 2.24) is 5.16 Å². The van der Waals surface area contributed by atoms with Gasteiger partial charge in [0.05, 0.1) is 19.8 Å². The maximum Gasteiger partial charge on any atom is 0.375 e. The van der Waals surface area contributed by atoms with Gasteiger partial charge in [0.25, 0.3) is 5.76 Å². The summed E-state index contributed by atoms with van der Waals surface area (Å²) in [4.78, 5) is 11.8. The second-order valence-corrected chi connectivity index (χ2v) is 5.63. The molecule has 8 heteroatoms. The Kier molecular flexibility index (Phi) is 4.08. The number of aromatic carboxylic acids is 1. The Labute approximate surface area is 153 Å². The van der Waals surface area contributed by atoms with Gasteiger partial charge >= 0.3 is 5.97 Å². The summed E-state index contributed by atoms with van der Waals surface area (Å²) in [6, 6.07) is 10.7. The van der Waals surface area contributed by atoms with E-state index >= 15 is 0 Å². The summed E-state index contributed by atoms with van der Waals surface area (Å²) < 4.78 is 27.0. The molecular weight excluding hydrogens is 354 g/mol. The summed E-state index contributed by atoms with van der Waals surface area (Å²) in [5.74, 6) is -0.136. The molecule has 0 fully saturated rings. The first-order chi connectivity index (χ1) is 13.2. The summed E-state index contributed by atoms with van der Waals surface area (Å²) >= 11 is 0. The SMILES string of the molecule is COc1cc(-c2c(-c3ccccc3)noc2C(=O)O)c(OC)c2c1OCO2. The number of fused-ring (bicyclic) bond motifs is 1. The van der Waals surface area contributed by atoms with Crippen LogP contribution in [0.3, 0.4) is 0 Å². The van der Waals surface area contributed by atoms with Crippen LogP contribution in [-0.2, 0) is 0 Å². The topological polar surface area (TPSA) is 100 Å². The first-order valence-corrected chi connectivity index (χ1v) is 7.99. The van der Waals surface area contributed by atoms with E-state index in [0.29, 0.717) is 39.8 Å². The highest BCUT2D eigenvalue weighted by atomic mass is 16.7. The van der Waals surface area contributed by atoms with Gasteiger partial charge in [-0.3, -0.25) is 0 Å². The number of hydrogen-bond acceptors (Lipinski definition) is 7. The molecule has 1 aromatic heterocycles. The number of nitrogens with zero attached hydrogens (tertiary/aromatic N) is 1. The molecule has 0 unspecified atom stereocenters. The van der Waals surface area contributed by atoms with Gasteiger partial charge in [-0.25, -0.2) is 4.79 Å². The molecule has 0 aliphatic carbocycles. The number of carboxylic acid groups (broad SMARTS) is 1. The summed E-state index contributed by atoms with van der Waals surface area (Å²) in [6.45, 7) is 0.00642. The second-order valence-electron chi connectivity index (χ2n) is 5.63. The minimum Gasteiger partial charge on any atom is -0.493 e. The van der Waals surface area contributed by atoms with E-state index in [1.54, 1.807) is 6.07 Å². The summed E-state index contributed by atoms with van der Waals surface area (Å²) in [5.41, 5.74) is 1.74. The molecular formula is C19H15NO7. The molecule has 0 spiro atoms. The third-order valence-corrected chi connectivity index (χ3v) is 4.19. The Morgan fingerprint density at radius 2 is 1.85 bits per heavy atom. The van der Waals surface area contributed by atoms with Crippen LogP contribution in [0.4, 0.5) is 0 Å². The van der Waals surface area contributed by atoms with E-state index in [1.165, 1.54) is 14.2 Å². The van der Waals surface area contributed by atoms with Crippen molar-refractivity contribution in [3.8, 4) is 45.4 Å². The molecule has 2 aromatic carbocycles. The zero-order chi connectivity index (χ0) is 19.0. The Morgan fingerprint density at radius 3 is 2.52 bits per heavy atom. The Morgan fingerprint density at radius 1 is 1.11 bits per heavy atom. The van der Waals surface area contributed by atoms with Crippen molar-refractivity contribution in [2.75, 3.05) is 21.0 Å². The Balaban J connectivity index is 2.04. The van der Waals surface area contributed by atoms with Gasteiger partial charge in [0.15, 0.2) is 11.5 Å². The van der Waals surface area contributed by atoms with Crippen LogP contribution in [-0.4, -0.2) is 37.2 Å². The van der Waals surface area contributed by atoms with Crippen LogP contribution in [0, 0.1) is 0 Å². The number of ether oxygens (including phenoxy) is 4. The van der Waals surface area contributed by atoms with Crippen molar-refractivity contribution in [3.63, 3.8) is 0 Å². The lowest BCUT2D eigenvalue weighted by Gasteiger charge is -2.14. The van der Waals surface area contributed by atoms with Crippen molar-refractivity contribution in [3.05, 3.63) is 42.2 Å². The third kappa shape index (κ3) is 2.62. The zero-order valence-electron chi connectivity index (χ0n) is 14.5. The summed E-state index contributed by atoms with van der Waals surface area (Å²) in [7, 11) is 2.95. The van der Waals surface area contributed by atoms with Crippen molar-refractivity contribution in [2.45, 2.75) is 0 Å². The van der Waals surface area contributed by atoms with E-state index in [-0.39, 0.29) is 18.1 Å². The lowest BCUT2D eigenvalue weighted by Crippen LogP contribution is -2.00. The molecule has 2 heterocycles. The number of carbonyl (C=O) groups is 1. The summed E-state index contributed by atoms with van der Waals surface area (Å²) in [6.07, 6.45) is 0. The molecule has 8 nitrogen and oxygen atoms in total. The standard InChI is InChI=1S/C19H15NO7/c1-23-12-8-11(15(24-2)18-16(12)25-9-26-18)13-14(10-6-4-3-5-7-10)20-27-17(13)19(21)22/h3-8H,9H2,1-2H3,(H,21,22). The highest BCUT2D eigenvalue weighted by Gasteiger charge is 2.33. The maximum atomic E-state index is 11.8. The highest BCUT2D eigenvalue weighted by molar-refractivity contribution is 6.00. The fourth-order valence-corrected chi connectivity index (χ4v) is 3.03. The molecule has 1 aliphatic heterocycles. The van der Waals surface area contributed by atoms with Gasteiger partial charge in [0.2, 0.25) is 18.3 Å². The first-order valence-electron chi connectivity index (χ1n) is 7.99. The van der Waals surface area contributed by atoms with Crippen LogP contribution >= 0.6 is 0 Å². The smallest absolute Gasteiger partial charge is 0.375 e. The number of carboxylic acids is 1. The normalized spacial score (nSPS) is 12.1. The van der Waals surface area contributed by atoms with Crippen LogP contribution < -0.4 is 18.9 Å². The molecule has 138 valence electrons. The van der Waals surface area contributed by atoms with Crippen molar-refractivity contribution in [1.29, 1.82) is 0 Å². The lowest BCUT2D eigenvalue weighted by atomic mass is 9.97. The van der Waals surface area contributed by atoms with E-state index in [4.69, 9.17) is 23.5 Å². The molecule has 0 amide bonds. The van der Waals surface area contributed by atoms with Crippen LogP contribution in [0.15, 0.2) is 40.9 Å². The van der Waals surface area contributed by atoms with Gasteiger partial charge < -0.3 is 28.6 Å². The van der Waals surface area contributed by atoms with E-state index in [0.717, 1.165) is 0 Å². The number of aromatic nitrogens is 1. The molecule has 1 aliphatic rings. The van der Waals surface area contributed by atoms with Gasteiger partial charge in [0.1, 0.15) is 5.69 Å². The Hall–Kier alpha value is -3.68. The van der Waals surface area contributed by atoms with Crippen molar-refractivity contribution >= 4 is 5.97 Å². The molecule has 4 rings (SSSR count). The number of benzene rings is 2. The number of methoxy groups -OCH3 is 2. The van der Waals surface area contributed by atoms with Crippen LogP contribution in [0.2, 0.25) is 0 Å². The molecule has 1 N–H and O–H groups in total.